The van der Waals surface area contributed by atoms with Gasteiger partial charge in [-0.2, -0.15) is 0 Å². The molecule has 0 unspecified atom stereocenters. The molecule has 5 rings (SSSR count). The number of thioether (sulfide) groups is 1. The molecule has 1 N–H and O–H groups in total. The minimum Gasteiger partial charge on any atom is -0.307 e. The predicted octanol–water partition coefficient (Wildman–Crippen LogP) is 4.64. The Bertz CT molecular complexity index is 542. The number of nitrogens with one attached hydrogen (secondary N) is 1. The Morgan fingerprint density at radius 3 is 2.86 bits per heavy atom. The minimum absolute atomic E-state index is 0.617. The highest BCUT2D eigenvalue weighted by Crippen LogP contribution is 2.59. The first-order valence-corrected chi connectivity index (χ1v) is 9.86. The second-order valence-corrected chi connectivity index (χ2v) is 8.79. The van der Waals surface area contributed by atoms with Gasteiger partial charge in [0, 0.05) is 17.0 Å². The number of rotatable bonds is 2. The zero-order chi connectivity index (χ0) is 13.8. The van der Waals surface area contributed by atoms with Gasteiger partial charge >= 0.3 is 0 Å². The first-order chi connectivity index (χ1) is 10.4. The highest BCUT2D eigenvalue weighted by Gasteiger charge is 2.53. The molecule has 0 radical (unpaired) electrons. The second kappa shape index (κ2) is 5.03. The lowest BCUT2D eigenvalue weighted by atomic mass is 9.78. The lowest BCUT2D eigenvalue weighted by Gasteiger charge is -2.36. The molecule has 2 heteroatoms. The van der Waals surface area contributed by atoms with Crippen LogP contribution in [0.1, 0.15) is 50.1 Å². The van der Waals surface area contributed by atoms with Gasteiger partial charge in [0.25, 0.3) is 0 Å². The maximum absolute atomic E-state index is 4.10. The molecule has 1 aliphatic heterocycles. The van der Waals surface area contributed by atoms with E-state index in [1.165, 1.54) is 42.8 Å². The maximum atomic E-state index is 4.10. The summed E-state index contributed by atoms with van der Waals surface area (Å²) in [5.41, 5.74) is 1.57. The molecule has 2 bridgehead atoms. The largest absolute Gasteiger partial charge is 0.307 e. The fourth-order valence-electron chi connectivity index (χ4n) is 6.03. The van der Waals surface area contributed by atoms with E-state index in [4.69, 9.17) is 0 Å². The van der Waals surface area contributed by atoms with E-state index in [1.54, 1.807) is 12.0 Å². The summed E-state index contributed by atoms with van der Waals surface area (Å²) < 4.78 is 0. The number of benzene rings is 1. The van der Waals surface area contributed by atoms with Crippen molar-refractivity contribution in [1.29, 1.82) is 0 Å². The third-order valence-corrected chi connectivity index (χ3v) is 7.93. The van der Waals surface area contributed by atoms with E-state index in [0.29, 0.717) is 6.04 Å². The molecule has 1 heterocycles. The summed E-state index contributed by atoms with van der Waals surface area (Å²) in [5, 5.41) is 4.10. The average Bonchev–Trinajstić information content (AvgIpc) is 3.20. The average molecular weight is 299 g/mol. The highest BCUT2D eigenvalue weighted by molar-refractivity contribution is 7.99. The molecule has 1 nitrogen and oxygen atoms in total. The van der Waals surface area contributed by atoms with E-state index in [0.717, 1.165) is 29.7 Å². The van der Waals surface area contributed by atoms with Crippen LogP contribution in [0.15, 0.2) is 29.2 Å². The zero-order valence-corrected chi connectivity index (χ0v) is 13.4. The van der Waals surface area contributed by atoms with Gasteiger partial charge in [-0.05, 0) is 73.2 Å². The summed E-state index contributed by atoms with van der Waals surface area (Å²) in [6.07, 6.45) is 8.90. The summed E-state index contributed by atoms with van der Waals surface area (Å²) in [5.74, 6) is 5.54. The van der Waals surface area contributed by atoms with Crippen molar-refractivity contribution < 1.29 is 0 Å². The Labute approximate surface area is 132 Å². The molecular weight excluding hydrogens is 274 g/mol. The van der Waals surface area contributed by atoms with Crippen molar-refractivity contribution in [1.82, 2.24) is 5.32 Å². The molecule has 0 aromatic heterocycles. The first kappa shape index (κ1) is 13.0. The van der Waals surface area contributed by atoms with Crippen LogP contribution in [0.5, 0.6) is 0 Å². The fraction of sp³-hybridized carbons (Fsp3) is 0.684. The van der Waals surface area contributed by atoms with Crippen molar-refractivity contribution >= 4 is 11.8 Å². The van der Waals surface area contributed by atoms with Crippen LogP contribution in [0.4, 0.5) is 0 Å². The normalized spacial score (nSPS) is 43.8. The molecule has 112 valence electrons. The number of hydrogen-bond acceptors (Lipinski definition) is 2. The highest BCUT2D eigenvalue weighted by atomic mass is 32.2. The summed E-state index contributed by atoms with van der Waals surface area (Å²) in [4.78, 5) is 1.52. The molecule has 3 saturated carbocycles. The number of hydrogen-bond donors (Lipinski definition) is 1. The van der Waals surface area contributed by atoms with Gasteiger partial charge in [-0.3, -0.25) is 0 Å². The maximum Gasteiger partial charge on any atom is 0.0341 e. The van der Waals surface area contributed by atoms with Crippen molar-refractivity contribution in [3.63, 3.8) is 0 Å². The van der Waals surface area contributed by atoms with Gasteiger partial charge in [-0.1, -0.05) is 24.6 Å². The lowest BCUT2D eigenvalue weighted by Crippen LogP contribution is -2.42. The summed E-state index contributed by atoms with van der Waals surface area (Å²) in [6, 6.07) is 10.5. The van der Waals surface area contributed by atoms with E-state index in [9.17, 15) is 0 Å². The van der Waals surface area contributed by atoms with Crippen LogP contribution < -0.4 is 5.32 Å². The van der Waals surface area contributed by atoms with Gasteiger partial charge in [0.2, 0.25) is 0 Å². The molecule has 4 aliphatic rings. The lowest BCUT2D eigenvalue weighted by molar-refractivity contribution is 0.196. The number of fused-ring (bicyclic) bond motifs is 6. The van der Waals surface area contributed by atoms with Crippen LogP contribution in [0.25, 0.3) is 0 Å². The SMILES string of the molecule is c1ccc2c(c1)SCC[C@@H]2N[C@@H]1C[C@H]2C[C@H]1[C@@H]1CCC[C@@H]21. The van der Waals surface area contributed by atoms with Gasteiger partial charge in [-0.25, -0.2) is 0 Å². The van der Waals surface area contributed by atoms with Crippen LogP contribution in [0, 0.1) is 23.7 Å². The van der Waals surface area contributed by atoms with Crippen LogP contribution >= 0.6 is 11.8 Å². The monoisotopic (exact) mass is 299 g/mol. The van der Waals surface area contributed by atoms with Crippen molar-refractivity contribution in [3.8, 4) is 0 Å². The standard InChI is InChI=1S/C19H25NS/c1-2-7-19-15(4-1)17(8-9-21-19)20-18-11-12-10-16(18)14-6-3-5-13(12)14/h1-2,4,7,12-14,16-18,20H,3,5-6,8-11H2/t12-,13+,14-,16+,17+,18-/m1/s1. The molecule has 1 aromatic rings. The first-order valence-electron chi connectivity index (χ1n) is 8.88. The third kappa shape index (κ3) is 2.02. The van der Waals surface area contributed by atoms with Gasteiger partial charge in [0.05, 0.1) is 0 Å². The van der Waals surface area contributed by atoms with Crippen molar-refractivity contribution in [2.45, 2.75) is 55.5 Å². The molecule has 1 aromatic carbocycles. The fourth-order valence-corrected chi connectivity index (χ4v) is 7.16. The Balaban J connectivity index is 1.35. The molecule has 0 spiro atoms. The Morgan fingerprint density at radius 1 is 0.952 bits per heavy atom. The molecule has 0 amide bonds. The van der Waals surface area contributed by atoms with E-state index in [-0.39, 0.29) is 0 Å². The second-order valence-electron chi connectivity index (χ2n) is 7.65. The van der Waals surface area contributed by atoms with E-state index < -0.39 is 0 Å². The minimum atomic E-state index is 0.617. The van der Waals surface area contributed by atoms with Crippen LogP contribution in [-0.4, -0.2) is 11.8 Å². The Kier molecular flexibility index (Phi) is 3.11. The van der Waals surface area contributed by atoms with Gasteiger partial charge < -0.3 is 5.32 Å². The molecule has 3 aliphatic carbocycles. The van der Waals surface area contributed by atoms with Crippen molar-refractivity contribution in [2.75, 3.05) is 5.75 Å². The summed E-state index contributed by atoms with van der Waals surface area (Å²) in [7, 11) is 0. The Morgan fingerprint density at radius 2 is 1.86 bits per heavy atom. The van der Waals surface area contributed by atoms with Crippen LogP contribution in [0.2, 0.25) is 0 Å². The van der Waals surface area contributed by atoms with E-state index in [2.05, 4.69) is 29.6 Å². The Hall–Kier alpha value is -0.470. The van der Waals surface area contributed by atoms with E-state index in [1.807, 2.05) is 11.8 Å². The molecule has 3 fully saturated rings. The molecule has 21 heavy (non-hydrogen) atoms. The van der Waals surface area contributed by atoms with Crippen LogP contribution in [0.3, 0.4) is 0 Å². The van der Waals surface area contributed by atoms with Gasteiger partial charge in [0.15, 0.2) is 0 Å². The quantitative estimate of drug-likeness (QED) is 0.854. The third-order valence-electron chi connectivity index (χ3n) is 6.80. The molecule has 0 saturated heterocycles. The summed E-state index contributed by atoms with van der Waals surface area (Å²) in [6.45, 7) is 0. The smallest absolute Gasteiger partial charge is 0.0341 e. The van der Waals surface area contributed by atoms with Gasteiger partial charge in [0.1, 0.15) is 0 Å². The summed E-state index contributed by atoms with van der Waals surface area (Å²) >= 11 is 2.04. The zero-order valence-electron chi connectivity index (χ0n) is 12.6. The molecule has 6 atom stereocenters. The van der Waals surface area contributed by atoms with E-state index >= 15 is 0 Å². The van der Waals surface area contributed by atoms with Crippen molar-refractivity contribution in [3.05, 3.63) is 29.8 Å². The molecular formula is C19H25NS. The van der Waals surface area contributed by atoms with Crippen LogP contribution in [-0.2, 0) is 0 Å². The predicted molar refractivity (Wildman–Crippen MR) is 88.5 cm³/mol. The topological polar surface area (TPSA) is 12.0 Å². The van der Waals surface area contributed by atoms with Crippen molar-refractivity contribution in [2.24, 2.45) is 23.7 Å². The van der Waals surface area contributed by atoms with Gasteiger partial charge in [-0.15, -0.1) is 11.8 Å².